The number of amides is 1. The summed E-state index contributed by atoms with van der Waals surface area (Å²) in [7, 11) is 1.47. The van der Waals surface area contributed by atoms with Gasteiger partial charge in [-0.3, -0.25) is 9.78 Å². The maximum atomic E-state index is 12.4. The van der Waals surface area contributed by atoms with Gasteiger partial charge < -0.3 is 10.1 Å². The Balaban J connectivity index is 1.91. The Morgan fingerprint density at radius 2 is 2.00 bits per heavy atom. The van der Waals surface area contributed by atoms with Gasteiger partial charge in [-0.25, -0.2) is 4.79 Å². The van der Waals surface area contributed by atoms with Gasteiger partial charge in [0.05, 0.1) is 18.5 Å². The molecule has 8 heteroatoms. The van der Waals surface area contributed by atoms with E-state index in [2.05, 4.69) is 15.4 Å². The number of nitrogens with one attached hydrogen (secondary N) is 2. The number of methoxy groups -OCH3 is 1. The Kier molecular flexibility index (Phi) is 4.58. The van der Waals surface area contributed by atoms with E-state index in [-0.39, 0.29) is 5.82 Å². The van der Waals surface area contributed by atoms with Crippen molar-refractivity contribution < 1.29 is 9.53 Å². The van der Waals surface area contributed by atoms with E-state index in [1.54, 1.807) is 36.4 Å². The third kappa shape index (κ3) is 3.41. The van der Waals surface area contributed by atoms with Crippen molar-refractivity contribution in [1.82, 2.24) is 14.8 Å². The summed E-state index contributed by atoms with van der Waals surface area (Å²) in [5.41, 5.74) is 1.27. The lowest BCUT2D eigenvalue weighted by Gasteiger charge is -2.11. The number of rotatable bonds is 4. The fourth-order valence-corrected chi connectivity index (χ4v) is 2.44. The first-order valence-electron chi connectivity index (χ1n) is 7.40. The van der Waals surface area contributed by atoms with Crippen molar-refractivity contribution in [2.45, 2.75) is 6.92 Å². The van der Waals surface area contributed by atoms with E-state index in [4.69, 9.17) is 16.3 Å². The summed E-state index contributed by atoms with van der Waals surface area (Å²) < 4.78 is 6.34. The predicted octanol–water partition coefficient (Wildman–Crippen LogP) is 2.78. The molecule has 3 aromatic rings. The minimum absolute atomic E-state index is 0.108. The van der Waals surface area contributed by atoms with Crippen LogP contribution in [0, 0.1) is 6.92 Å². The zero-order valence-corrected chi connectivity index (χ0v) is 14.3. The third-order valence-electron chi connectivity index (χ3n) is 3.56. The first kappa shape index (κ1) is 16.8. The highest BCUT2D eigenvalue weighted by atomic mass is 35.5. The van der Waals surface area contributed by atoms with E-state index in [0.717, 1.165) is 10.2 Å². The fourth-order valence-electron chi connectivity index (χ4n) is 2.28. The van der Waals surface area contributed by atoms with Crippen LogP contribution in [0.2, 0.25) is 5.02 Å². The molecule has 0 fully saturated rings. The average Bonchev–Trinajstić information content (AvgIpc) is 3.00. The second-order valence-electron chi connectivity index (χ2n) is 5.28. The number of hydrogen-bond acceptors (Lipinski definition) is 4. The molecule has 25 heavy (non-hydrogen) atoms. The third-order valence-corrected chi connectivity index (χ3v) is 3.97. The monoisotopic (exact) mass is 358 g/mol. The molecule has 1 amide bonds. The molecule has 0 atom stereocenters. The quantitative estimate of drug-likeness (QED) is 0.750. The van der Waals surface area contributed by atoms with Crippen LogP contribution in [0.5, 0.6) is 5.75 Å². The lowest BCUT2D eigenvalue weighted by atomic mass is 10.2. The minimum atomic E-state index is -0.563. The number of anilines is 1. The molecule has 2 aromatic carbocycles. The number of nitrogens with zero attached hydrogens (tertiary/aromatic N) is 2. The first-order chi connectivity index (χ1) is 12.0. The highest BCUT2D eigenvalue weighted by Crippen LogP contribution is 2.31. The molecule has 128 valence electrons. The fraction of sp³-hybridized carbons (Fsp3) is 0.118. The van der Waals surface area contributed by atoms with Gasteiger partial charge in [0.15, 0.2) is 0 Å². The summed E-state index contributed by atoms with van der Waals surface area (Å²) in [4.78, 5) is 26.9. The molecule has 3 rings (SSSR count). The number of carbonyl (C=O) groups is 1. The number of aromatic nitrogens is 3. The van der Waals surface area contributed by atoms with Crippen LogP contribution in [0.3, 0.4) is 0 Å². The normalized spacial score (nSPS) is 10.5. The summed E-state index contributed by atoms with van der Waals surface area (Å²) in [6.45, 7) is 1.81. The molecule has 1 aromatic heterocycles. The highest BCUT2D eigenvalue weighted by Gasteiger charge is 2.17. The topological polar surface area (TPSA) is 89.0 Å². The highest BCUT2D eigenvalue weighted by molar-refractivity contribution is 6.31. The molecular weight excluding hydrogens is 344 g/mol. The van der Waals surface area contributed by atoms with Gasteiger partial charge in [-0.15, -0.1) is 5.10 Å². The maximum absolute atomic E-state index is 12.4. The van der Waals surface area contributed by atoms with Crippen LogP contribution in [0.4, 0.5) is 5.69 Å². The Bertz CT molecular complexity index is 979. The van der Waals surface area contributed by atoms with E-state index < -0.39 is 11.6 Å². The number of para-hydroxylation sites is 1. The maximum Gasteiger partial charge on any atom is 0.348 e. The van der Waals surface area contributed by atoms with Crippen LogP contribution >= 0.6 is 11.6 Å². The van der Waals surface area contributed by atoms with Gasteiger partial charge in [-0.05, 0) is 30.7 Å². The van der Waals surface area contributed by atoms with Crippen LogP contribution < -0.4 is 15.7 Å². The van der Waals surface area contributed by atoms with Crippen LogP contribution in [0.15, 0.2) is 47.3 Å². The second-order valence-corrected chi connectivity index (χ2v) is 5.69. The van der Waals surface area contributed by atoms with Gasteiger partial charge in [-0.2, -0.15) is 4.68 Å². The molecule has 0 saturated carbocycles. The van der Waals surface area contributed by atoms with Crippen molar-refractivity contribution >= 4 is 23.2 Å². The number of aryl methyl sites for hydroxylation is 1. The van der Waals surface area contributed by atoms with Gasteiger partial charge in [0.1, 0.15) is 5.75 Å². The van der Waals surface area contributed by atoms with Gasteiger partial charge in [-0.1, -0.05) is 29.8 Å². The van der Waals surface area contributed by atoms with E-state index in [0.29, 0.717) is 22.1 Å². The Hall–Kier alpha value is -3.06. The molecule has 0 aliphatic carbocycles. The summed E-state index contributed by atoms with van der Waals surface area (Å²) in [6, 6.07) is 12.1. The zero-order chi connectivity index (χ0) is 18.0. The van der Waals surface area contributed by atoms with Crippen LogP contribution in [0.25, 0.3) is 5.69 Å². The molecule has 0 spiro atoms. The Morgan fingerprint density at radius 3 is 2.68 bits per heavy atom. The minimum Gasteiger partial charge on any atom is -0.495 e. The van der Waals surface area contributed by atoms with Gasteiger partial charge in [0, 0.05) is 11.1 Å². The second kappa shape index (κ2) is 6.82. The van der Waals surface area contributed by atoms with Crippen molar-refractivity contribution in [1.29, 1.82) is 0 Å². The number of ether oxygens (including phenoxy) is 1. The van der Waals surface area contributed by atoms with Crippen molar-refractivity contribution in [3.8, 4) is 11.4 Å². The summed E-state index contributed by atoms with van der Waals surface area (Å²) in [6.07, 6.45) is 0. The van der Waals surface area contributed by atoms with E-state index in [1.807, 2.05) is 13.0 Å². The van der Waals surface area contributed by atoms with E-state index in [9.17, 15) is 9.59 Å². The Morgan fingerprint density at radius 1 is 1.28 bits per heavy atom. The number of carbonyl (C=O) groups excluding carboxylic acids is 1. The summed E-state index contributed by atoms with van der Waals surface area (Å²) in [5.74, 6) is -0.260. The SMILES string of the molecule is COc1cc(Cl)c(C)cc1NC(=O)c1nn(-c2ccccc2)c(=O)[nH]1. The van der Waals surface area contributed by atoms with Crippen LogP contribution in [-0.4, -0.2) is 27.8 Å². The summed E-state index contributed by atoms with van der Waals surface area (Å²) in [5, 5.41) is 7.24. The van der Waals surface area contributed by atoms with Gasteiger partial charge in [0.2, 0.25) is 5.82 Å². The van der Waals surface area contributed by atoms with Crippen molar-refractivity contribution in [3.05, 3.63) is 69.4 Å². The number of benzene rings is 2. The molecule has 0 radical (unpaired) electrons. The largest absolute Gasteiger partial charge is 0.495 e. The van der Waals surface area contributed by atoms with Crippen molar-refractivity contribution in [3.63, 3.8) is 0 Å². The van der Waals surface area contributed by atoms with E-state index in [1.165, 1.54) is 7.11 Å². The molecule has 0 unspecified atom stereocenters. The van der Waals surface area contributed by atoms with Gasteiger partial charge >= 0.3 is 5.69 Å². The number of H-pyrrole nitrogens is 1. The molecule has 0 aliphatic rings. The predicted molar refractivity (Wildman–Crippen MR) is 94.9 cm³/mol. The van der Waals surface area contributed by atoms with Crippen LogP contribution in [0.1, 0.15) is 16.2 Å². The Labute approximate surface area is 148 Å². The summed E-state index contributed by atoms with van der Waals surface area (Å²) >= 11 is 6.05. The smallest absolute Gasteiger partial charge is 0.348 e. The van der Waals surface area contributed by atoms with Crippen LogP contribution in [-0.2, 0) is 0 Å². The zero-order valence-electron chi connectivity index (χ0n) is 13.5. The molecule has 2 N–H and O–H groups in total. The first-order valence-corrected chi connectivity index (χ1v) is 7.77. The number of hydrogen-bond donors (Lipinski definition) is 2. The van der Waals surface area contributed by atoms with E-state index >= 15 is 0 Å². The number of halogens is 1. The lowest BCUT2D eigenvalue weighted by Crippen LogP contribution is -2.16. The molecule has 0 aliphatic heterocycles. The van der Waals surface area contributed by atoms with Crippen molar-refractivity contribution in [2.24, 2.45) is 0 Å². The molecule has 0 saturated heterocycles. The molecule has 1 heterocycles. The molecular formula is C17H15ClN4O3. The lowest BCUT2D eigenvalue weighted by molar-refractivity contribution is 0.101. The molecule has 0 bridgehead atoms. The van der Waals surface area contributed by atoms with Gasteiger partial charge in [0.25, 0.3) is 5.91 Å². The standard InChI is InChI=1S/C17H15ClN4O3/c1-10-8-13(14(25-2)9-12(10)18)19-16(23)15-20-17(24)22(21-15)11-6-4-3-5-7-11/h3-9H,1-2H3,(H,19,23)(H,20,21,24). The van der Waals surface area contributed by atoms with Crippen molar-refractivity contribution in [2.75, 3.05) is 12.4 Å². The average molecular weight is 359 g/mol. The number of aromatic amines is 1. The molecule has 7 nitrogen and oxygen atoms in total.